The van der Waals surface area contributed by atoms with Gasteiger partial charge in [0.25, 0.3) is 0 Å². The van der Waals surface area contributed by atoms with E-state index in [1.54, 1.807) is 12.1 Å². The smallest absolute Gasteiger partial charge is 0.240 e. The molecule has 0 atom stereocenters. The topological polar surface area (TPSA) is 113 Å². The highest BCUT2D eigenvalue weighted by atomic mass is 32.2. The van der Waals surface area contributed by atoms with E-state index < -0.39 is 10.0 Å². The Bertz CT molecular complexity index is 919. The third-order valence-electron chi connectivity index (χ3n) is 5.22. The minimum Gasteiger partial charge on any atom is -0.494 e. The van der Waals surface area contributed by atoms with Crippen LogP contribution in [-0.4, -0.2) is 37.7 Å². The minimum absolute atomic E-state index is 0.000726. The Kier molecular flexibility index (Phi) is 7.87. The maximum Gasteiger partial charge on any atom is 0.240 e. The molecule has 1 aromatic carbocycles. The van der Waals surface area contributed by atoms with Crippen LogP contribution in [0.25, 0.3) is 0 Å². The molecule has 3 rings (SSSR count). The number of carbonyl (C=O) groups is 1. The number of H-pyrrole nitrogens is 1. The van der Waals surface area contributed by atoms with Gasteiger partial charge in [-0.2, -0.15) is 5.10 Å². The number of sulfonamides is 1. The van der Waals surface area contributed by atoms with Crippen LogP contribution in [0.2, 0.25) is 0 Å². The number of aromatic amines is 1. The van der Waals surface area contributed by atoms with Gasteiger partial charge in [0, 0.05) is 24.7 Å². The lowest BCUT2D eigenvalue weighted by Crippen LogP contribution is -2.27. The Morgan fingerprint density at radius 1 is 1.20 bits per heavy atom. The molecule has 1 heterocycles. The van der Waals surface area contributed by atoms with Gasteiger partial charge in [-0.15, -0.1) is 0 Å². The van der Waals surface area contributed by atoms with Crippen molar-refractivity contribution in [3.63, 3.8) is 0 Å². The summed E-state index contributed by atoms with van der Waals surface area (Å²) < 4.78 is 32.4. The largest absolute Gasteiger partial charge is 0.494 e. The number of nitrogens with zero attached hydrogens (tertiary/aromatic N) is 1. The first-order chi connectivity index (χ1) is 14.5. The number of carbonyl (C=O) groups excluding carboxylic acids is 1. The van der Waals surface area contributed by atoms with Gasteiger partial charge in [-0.25, -0.2) is 13.1 Å². The second-order valence-corrected chi connectivity index (χ2v) is 9.35. The standard InChI is InChI=1S/C21H30N4O4S/c1-2-29-18-8-10-19(11-9-18)30(27,28)22-13-12-21(26)23-20-15-17(24-25-20)14-16-6-4-3-5-7-16/h8-11,15-16,22H,2-7,12-14H2,1H3,(H2,23,24,25,26). The van der Waals surface area contributed by atoms with E-state index in [0.29, 0.717) is 24.1 Å². The average molecular weight is 435 g/mol. The third-order valence-corrected chi connectivity index (χ3v) is 6.70. The van der Waals surface area contributed by atoms with Crippen molar-refractivity contribution in [2.45, 2.75) is 56.8 Å². The molecule has 0 unspecified atom stereocenters. The molecule has 1 amide bonds. The Hall–Kier alpha value is -2.39. The molecule has 1 aromatic heterocycles. The predicted octanol–water partition coefficient (Wildman–Crippen LogP) is 3.24. The number of anilines is 1. The summed E-state index contributed by atoms with van der Waals surface area (Å²) in [5.74, 6) is 1.47. The molecule has 1 saturated carbocycles. The lowest BCUT2D eigenvalue weighted by atomic mass is 9.86. The fourth-order valence-electron chi connectivity index (χ4n) is 3.70. The van der Waals surface area contributed by atoms with Crippen molar-refractivity contribution in [1.82, 2.24) is 14.9 Å². The van der Waals surface area contributed by atoms with Crippen LogP contribution in [0.1, 0.15) is 51.1 Å². The van der Waals surface area contributed by atoms with Gasteiger partial charge in [0.2, 0.25) is 15.9 Å². The van der Waals surface area contributed by atoms with E-state index in [2.05, 4.69) is 20.2 Å². The number of benzene rings is 1. The van der Waals surface area contributed by atoms with Gasteiger partial charge in [0.1, 0.15) is 5.75 Å². The van der Waals surface area contributed by atoms with Gasteiger partial charge in [-0.05, 0) is 43.5 Å². The van der Waals surface area contributed by atoms with Crippen molar-refractivity contribution in [2.75, 3.05) is 18.5 Å². The molecule has 30 heavy (non-hydrogen) atoms. The van der Waals surface area contributed by atoms with Crippen molar-refractivity contribution in [2.24, 2.45) is 5.92 Å². The summed E-state index contributed by atoms with van der Waals surface area (Å²) in [6, 6.07) is 8.02. The molecular formula is C21H30N4O4S. The van der Waals surface area contributed by atoms with Gasteiger partial charge in [-0.1, -0.05) is 32.1 Å². The highest BCUT2D eigenvalue weighted by molar-refractivity contribution is 7.89. The second kappa shape index (κ2) is 10.6. The molecule has 3 N–H and O–H groups in total. The quantitative estimate of drug-likeness (QED) is 0.531. The van der Waals surface area contributed by atoms with Gasteiger partial charge in [0.05, 0.1) is 11.5 Å². The molecule has 1 aliphatic carbocycles. The number of amides is 1. The predicted molar refractivity (Wildman–Crippen MR) is 115 cm³/mol. The molecule has 8 nitrogen and oxygen atoms in total. The van der Waals surface area contributed by atoms with Gasteiger partial charge in [-0.3, -0.25) is 9.89 Å². The highest BCUT2D eigenvalue weighted by Gasteiger charge is 2.17. The van der Waals surface area contributed by atoms with E-state index in [-0.39, 0.29) is 23.8 Å². The number of rotatable bonds is 10. The summed E-state index contributed by atoms with van der Waals surface area (Å²) >= 11 is 0. The van der Waals surface area contributed by atoms with Crippen LogP contribution in [-0.2, 0) is 21.2 Å². The molecule has 1 aliphatic rings. The summed E-state index contributed by atoms with van der Waals surface area (Å²) in [6.45, 7) is 2.37. The lowest BCUT2D eigenvalue weighted by Gasteiger charge is -2.20. The Balaban J connectivity index is 1.43. The summed E-state index contributed by atoms with van der Waals surface area (Å²) in [6.07, 6.45) is 7.35. The normalized spacial score (nSPS) is 15.1. The van der Waals surface area contributed by atoms with Crippen molar-refractivity contribution < 1.29 is 17.9 Å². The SMILES string of the molecule is CCOc1ccc(S(=O)(=O)NCCC(=O)Nc2cc(CC3CCCCC3)[nH]n2)cc1. The first-order valence-electron chi connectivity index (χ1n) is 10.5. The monoisotopic (exact) mass is 434 g/mol. The first-order valence-corrected chi connectivity index (χ1v) is 12.0. The summed E-state index contributed by atoms with van der Waals surface area (Å²) in [5, 5.41) is 9.84. The highest BCUT2D eigenvalue weighted by Crippen LogP contribution is 2.26. The molecule has 0 spiro atoms. The van der Waals surface area contributed by atoms with Crippen LogP contribution in [0.5, 0.6) is 5.75 Å². The van der Waals surface area contributed by atoms with Gasteiger partial charge < -0.3 is 10.1 Å². The maximum atomic E-state index is 12.3. The van der Waals surface area contributed by atoms with Crippen LogP contribution in [0, 0.1) is 5.92 Å². The zero-order chi connectivity index (χ0) is 21.4. The van der Waals surface area contributed by atoms with Crippen LogP contribution in [0.15, 0.2) is 35.2 Å². The van der Waals surface area contributed by atoms with Gasteiger partial charge in [0.15, 0.2) is 5.82 Å². The average Bonchev–Trinajstić information content (AvgIpc) is 3.16. The fourth-order valence-corrected chi connectivity index (χ4v) is 4.73. The molecule has 0 radical (unpaired) electrons. The van der Waals surface area contributed by atoms with Crippen molar-refractivity contribution in [3.05, 3.63) is 36.0 Å². The number of aromatic nitrogens is 2. The molecule has 1 fully saturated rings. The number of hydrogen-bond acceptors (Lipinski definition) is 5. The Morgan fingerprint density at radius 2 is 1.93 bits per heavy atom. The van der Waals surface area contributed by atoms with Crippen LogP contribution in [0.3, 0.4) is 0 Å². The third kappa shape index (κ3) is 6.56. The van der Waals surface area contributed by atoms with Crippen molar-refractivity contribution in [1.29, 1.82) is 0 Å². The number of ether oxygens (including phenoxy) is 1. The fraction of sp³-hybridized carbons (Fsp3) is 0.524. The molecule has 0 bridgehead atoms. The van der Waals surface area contributed by atoms with Gasteiger partial charge >= 0.3 is 0 Å². The zero-order valence-electron chi connectivity index (χ0n) is 17.3. The van der Waals surface area contributed by atoms with E-state index >= 15 is 0 Å². The van der Waals surface area contributed by atoms with Crippen LogP contribution >= 0.6 is 0 Å². The number of hydrogen-bond donors (Lipinski definition) is 3. The Morgan fingerprint density at radius 3 is 2.63 bits per heavy atom. The summed E-state index contributed by atoms with van der Waals surface area (Å²) in [4.78, 5) is 12.3. The van der Waals surface area contributed by atoms with E-state index in [0.717, 1.165) is 12.1 Å². The number of nitrogens with one attached hydrogen (secondary N) is 3. The molecule has 2 aromatic rings. The zero-order valence-corrected chi connectivity index (χ0v) is 18.1. The summed E-state index contributed by atoms with van der Waals surface area (Å²) in [5.41, 5.74) is 1.02. The van der Waals surface area contributed by atoms with E-state index in [4.69, 9.17) is 4.74 Å². The van der Waals surface area contributed by atoms with Crippen LogP contribution in [0.4, 0.5) is 5.82 Å². The molecule has 0 aliphatic heterocycles. The molecule has 164 valence electrons. The van der Waals surface area contributed by atoms with E-state index in [1.807, 2.05) is 13.0 Å². The molecule has 0 saturated heterocycles. The second-order valence-electron chi connectivity index (χ2n) is 7.59. The first kappa shape index (κ1) is 22.3. The Labute approximate surface area is 177 Å². The van der Waals surface area contributed by atoms with E-state index in [1.165, 1.54) is 44.2 Å². The summed E-state index contributed by atoms with van der Waals surface area (Å²) in [7, 11) is -3.68. The molecule has 9 heteroatoms. The van der Waals surface area contributed by atoms with Crippen LogP contribution < -0.4 is 14.8 Å². The molecular weight excluding hydrogens is 404 g/mol. The lowest BCUT2D eigenvalue weighted by molar-refractivity contribution is -0.116. The van der Waals surface area contributed by atoms with E-state index in [9.17, 15) is 13.2 Å². The van der Waals surface area contributed by atoms with Crippen molar-refractivity contribution >= 4 is 21.7 Å². The maximum absolute atomic E-state index is 12.3. The van der Waals surface area contributed by atoms with Crippen molar-refractivity contribution in [3.8, 4) is 5.75 Å². The minimum atomic E-state index is -3.68.